The third-order valence-corrected chi connectivity index (χ3v) is 2.91. The van der Waals surface area contributed by atoms with Crippen molar-refractivity contribution in [3.8, 4) is 0 Å². The highest BCUT2D eigenvalue weighted by atomic mass is 16.5. The third-order valence-electron chi connectivity index (χ3n) is 2.91. The molecule has 1 aromatic heterocycles. The molecule has 0 atom stereocenters. The Labute approximate surface area is 126 Å². The minimum absolute atomic E-state index is 0.177. The normalized spacial score (nSPS) is 10.7. The molecular weight excluding hydrogens is 268 g/mol. The number of carbonyl (C=O) groups excluding carboxylic acids is 1. The molecule has 1 amide bonds. The fraction of sp³-hybridized carbons (Fsp3) is 0.667. The summed E-state index contributed by atoms with van der Waals surface area (Å²) in [7, 11) is 1.64. The molecule has 0 fully saturated rings. The molecule has 0 saturated heterocycles. The van der Waals surface area contributed by atoms with Gasteiger partial charge >= 0.3 is 0 Å². The van der Waals surface area contributed by atoms with Crippen molar-refractivity contribution < 1.29 is 9.53 Å². The van der Waals surface area contributed by atoms with Crippen molar-refractivity contribution in [3.63, 3.8) is 0 Å². The number of rotatable bonds is 9. The Bertz CT molecular complexity index is 449. The van der Waals surface area contributed by atoms with Crippen LogP contribution in [0.3, 0.4) is 0 Å². The van der Waals surface area contributed by atoms with Crippen LogP contribution in [0.2, 0.25) is 0 Å². The summed E-state index contributed by atoms with van der Waals surface area (Å²) in [6, 6.07) is 1.69. The standard InChI is InChI=1S/C15H26N4O2/c1-11(2)6-8-16-14-10-13(18-12(3)19-14)15(20)17-7-5-9-21-4/h10-11H,5-9H2,1-4H3,(H,17,20)(H,16,18,19). The molecule has 0 bridgehead atoms. The van der Waals surface area contributed by atoms with Gasteiger partial charge in [-0.1, -0.05) is 13.8 Å². The number of amides is 1. The molecule has 21 heavy (non-hydrogen) atoms. The van der Waals surface area contributed by atoms with Gasteiger partial charge in [0.15, 0.2) is 0 Å². The summed E-state index contributed by atoms with van der Waals surface area (Å²) in [5, 5.41) is 6.06. The highest BCUT2D eigenvalue weighted by Crippen LogP contribution is 2.08. The van der Waals surface area contributed by atoms with Gasteiger partial charge in [0.05, 0.1) is 0 Å². The fourth-order valence-electron chi connectivity index (χ4n) is 1.77. The van der Waals surface area contributed by atoms with Gasteiger partial charge in [0.1, 0.15) is 17.3 Å². The van der Waals surface area contributed by atoms with Crippen molar-refractivity contribution >= 4 is 11.7 Å². The van der Waals surface area contributed by atoms with Crippen molar-refractivity contribution in [3.05, 3.63) is 17.6 Å². The van der Waals surface area contributed by atoms with E-state index in [1.165, 1.54) is 0 Å². The molecule has 1 aromatic rings. The number of nitrogens with one attached hydrogen (secondary N) is 2. The van der Waals surface area contributed by atoms with Crippen LogP contribution in [0.25, 0.3) is 0 Å². The SMILES string of the molecule is COCCCNC(=O)c1cc(NCCC(C)C)nc(C)n1. The van der Waals surface area contributed by atoms with Gasteiger partial charge in [-0.2, -0.15) is 0 Å². The van der Waals surface area contributed by atoms with E-state index < -0.39 is 0 Å². The lowest BCUT2D eigenvalue weighted by atomic mass is 10.1. The lowest BCUT2D eigenvalue weighted by molar-refractivity contribution is 0.0943. The number of hydrogen-bond acceptors (Lipinski definition) is 5. The van der Waals surface area contributed by atoms with Crippen LogP contribution in [0, 0.1) is 12.8 Å². The smallest absolute Gasteiger partial charge is 0.270 e. The van der Waals surface area contributed by atoms with Crippen LogP contribution in [-0.4, -0.2) is 42.7 Å². The number of aromatic nitrogens is 2. The predicted molar refractivity (Wildman–Crippen MR) is 83.5 cm³/mol. The Morgan fingerprint density at radius 2 is 2.10 bits per heavy atom. The summed E-state index contributed by atoms with van der Waals surface area (Å²) >= 11 is 0. The van der Waals surface area contributed by atoms with E-state index in [2.05, 4.69) is 34.4 Å². The highest BCUT2D eigenvalue weighted by Gasteiger charge is 2.10. The largest absolute Gasteiger partial charge is 0.385 e. The van der Waals surface area contributed by atoms with Gasteiger partial charge in [0.25, 0.3) is 5.91 Å². The Hall–Kier alpha value is -1.69. The van der Waals surface area contributed by atoms with Crippen molar-refractivity contribution in [2.45, 2.75) is 33.6 Å². The zero-order valence-electron chi connectivity index (χ0n) is 13.4. The molecule has 0 spiro atoms. The summed E-state index contributed by atoms with van der Waals surface area (Å²) in [4.78, 5) is 20.5. The molecule has 6 heteroatoms. The zero-order chi connectivity index (χ0) is 15.7. The van der Waals surface area contributed by atoms with E-state index in [0.29, 0.717) is 36.4 Å². The molecule has 0 radical (unpaired) electrons. The second-order valence-corrected chi connectivity index (χ2v) is 5.40. The van der Waals surface area contributed by atoms with E-state index in [0.717, 1.165) is 19.4 Å². The molecule has 0 saturated carbocycles. The number of anilines is 1. The average Bonchev–Trinajstić information content (AvgIpc) is 2.42. The molecule has 0 unspecified atom stereocenters. The zero-order valence-corrected chi connectivity index (χ0v) is 13.4. The molecule has 1 rings (SSSR count). The fourth-order valence-corrected chi connectivity index (χ4v) is 1.77. The number of nitrogens with zero attached hydrogens (tertiary/aromatic N) is 2. The first-order valence-electron chi connectivity index (χ1n) is 7.39. The number of carbonyl (C=O) groups is 1. The van der Waals surface area contributed by atoms with Crippen molar-refractivity contribution in [2.75, 3.05) is 32.1 Å². The van der Waals surface area contributed by atoms with Crippen LogP contribution in [-0.2, 0) is 4.74 Å². The molecule has 0 aromatic carbocycles. The van der Waals surface area contributed by atoms with Gasteiger partial charge in [-0.3, -0.25) is 4.79 Å². The maximum atomic E-state index is 12.0. The van der Waals surface area contributed by atoms with Crippen LogP contribution >= 0.6 is 0 Å². The topological polar surface area (TPSA) is 76.1 Å². The van der Waals surface area contributed by atoms with E-state index in [4.69, 9.17) is 4.74 Å². The van der Waals surface area contributed by atoms with Crippen molar-refractivity contribution in [2.24, 2.45) is 5.92 Å². The van der Waals surface area contributed by atoms with Gasteiger partial charge in [-0.15, -0.1) is 0 Å². The molecule has 0 aliphatic carbocycles. The Morgan fingerprint density at radius 3 is 2.76 bits per heavy atom. The van der Waals surface area contributed by atoms with E-state index in [1.54, 1.807) is 20.1 Å². The average molecular weight is 294 g/mol. The van der Waals surface area contributed by atoms with Crippen LogP contribution in [0.5, 0.6) is 0 Å². The van der Waals surface area contributed by atoms with E-state index in [9.17, 15) is 4.79 Å². The third kappa shape index (κ3) is 7.04. The van der Waals surface area contributed by atoms with Gasteiger partial charge < -0.3 is 15.4 Å². The second-order valence-electron chi connectivity index (χ2n) is 5.40. The maximum absolute atomic E-state index is 12.0. The number of aryl methyl sites for hydroxylation is 1. The Balaban J connectivity index is 2.57. The predicted octanol–water partition coefficient (Wildman–Crippen LogP) is 2.01. The Kier molecular flexibility index (Phi) is 7.68. The molecule has 118 valence electrons. The van der Waals surface area contributed by atoms with E-state index in [-0.39, 0.29) is 5.91 Å². The van der Waals surface area contributed by atoms with Crippen LogP contribution in [0.4, 0.5) is 5.82 Å². The van der Waals surface area contributed by atoms with Gasteiger partial charge in [0.2, 0.25) is 0 Å². The highest BCUT2D eigenvalue weighted by molar-refractivity contribution is 5.92. The van der Waals surface area contributed by atoms with Crippen LogP contribution in [0.15, 0.2) is 6.07 Å². The Morgan fingerprint density at radius 1 is 1.33 bits per heavy atom. The minimum Gasteiger partial charge on any atom is -0.385 e. The summed E-state index contributed by atoms with van der Waals surface area (Å²) in [6.07, 6.45) is 1.84. The first kappa shape index (κ1) is 17.4. The molecule has 2 N–H and O–H groups in total. The van der Waals surface area contributed by atoms with Crippen molar-refractivity contribution in [1.82, 2.24) is 15.3 Å². The maximum Gasteiger partial charge on any atom is 0.270 e. The van der Waals surface area contributed by atoms with Gasteiger partial charge in [-0.25, -0.2) is 9.97 Å². The van der Waals surface area contributed by atoms with E-state index >= 15 is 0 Å². The summed E-state index contributed by atoms with van der Waals surface area (Å²) in [5.74, 6) is 1.74. The minimum atomic E-state index is -0.177. The summed E-state index contributed by atoms with van der Waals surface area (Å²) < 4.78 is 4.94. The number of hydrogen-bond donors (Lipinski definition) is 2. The van der Waals surface area contributed by atoms with Crippen LogP contribution in [0.1, 0.15) is 43.0 Å². The molecule has 0 aliphatic heterocycles. The van der Waals surface area contributed by atoms with E-state index in [1.807, 2.05) is 0 Å². The second kappa shape index (κ2) is 9.28. The molecule has 6 nitrogen and oxygen atoms in total. The summed E-state index contributed by atoms with van der Waals surface area (Å²) in [5.41, 5.74) is 0.395. The monoisotopic (exact) mass is 294 g/mol. The quantitative estimate of drug-likeness (QED) is 0.681. The molecular formula is C15H26N4O2. The summed E-state index contributed by atoms with van der Waals surface area (Å²) in [6.45, 7) is 8.17. The van der Waals surface area contributed by atoms with Crippen LogP contribution < -0.4 is 10.6 Å². The number of methoxy groups -OCH3 is 1. The lowest BCUT2D eigenvalue weighted by Gasteiger charge is -2.10. The van der Waals surface area contributed by atoms with Crippen molar-refractivity contribution in [1.29, 1.82) is 0 Å². The molecule has 0 aliphatic rings. The lowest BCUT2D eigenvalue weighted by Crippen LogP contribution is -2.26. The number of ether oxygens (including phenoxy) is 1. The first-order chi connectivity index (χ1) is 10.0. The molecule has 1 heterocycles. The van der Waals surface area contributed by atoms with Gasteiger partial charge in [0, 0.05) is 32.9 Å². The first-order valence-corrected chi connectivity index (χ1v) is 7.39. The van der Waals surface area contributed by atoms with Gasteiger partial charge in [-0.05, 0) is 25.7 Å².